The topological polar surface area (TPSA) is 126 Å². The van der Waals surface area contributed by atoms with Gasteiger partial charge in [-0.05, 0) is 44.7 Å². The lowest BCUT2D eigenvalue weighted by molar-refractivity contribution is -0.175. The standard InChI is InChI=1S/C27H37FN4O5.H2/c1-6-19-9-7-10-22(25(19)28)37-20-16-24(33)32(17-20)21(15-18(2)3)26(34)31-23(29)11-13-30-12-8-14-36-27(4,5)35;/h6-7,9-11,13,16,18,21,30,35H,1,8,12,14-15,17H2,2-5H3,(H2,29,31,34);1H/b13-11-;/t21-;/m0./s1. The van der Waals surface area contributed by atoms with Gasteiger partial charge in [-0.15, -0.1) is 0 Å². The number of hydrogen-bond donors (Lipinski definition) is 3. The molecule has 2 amide bonds. The SMILES string of the molecule is C=Cc1cccc(OC2=CC(=O)N([C@@H](CC(C)C)C(=O)N=C(N)/C=C\NCCCOC(C)(C)O)C2)c1F.[HH]. The molecule has 10 heteroatoms. The minimum atomic E-state index is -1.17. The van der Waals surface area contributed by atoms with Crippen LogP contribution in [-0.2, 0) is 14.3 Å². The molecule has 1 aromatic carbocycles. The van der Waals surface area contributed by atoms with Crippen LogP contribution in [0.25, 0.3) is 6.08 Å². The molecule has 0 fully saturated rings. The van der Waals surface area contributed by atoms with Gasteiger partial charge in [0.2, 0.25) is 0 Å². The van der Waals surface area contributed by atoms with E-state index < -0.39 is 29.5 Å². The molecule has 0 aliphatic carbocycles. The number of amidine groups is 1. The van der Waals surface area contributed by atoms with E-state index in [9.17, 15) is 19.1 Å². The van der Waals surface area contributed by atoms with Crippen LogP contribution < -0.4 is 15.8 Å². The van der Waals surface area contributed by atoms with Crippen LogP contribution in [0.5, 0.6) is 5.75 Å². The average molecular weight is 519 g/mol. The summed E-state index contributed by atoms with van der Waals surface area (Å²) in [4.78, 5) is 31.1. The van der Waals surface area contributed by atoms with Crippen molar-refractivity contribution in [3.63, 3.8) is 0 Å². The Morgan fingerprint density at radius 3 is 2.81 bits per heavy atom. The number of nitrogens with two attached hydrogens (primary N) is 1. The summed E-state index contributed by atoms with van der Waals surface area (Å²) in [6.07, 6.45) is 6.66. The molecule has 1 heterocycles. The maximum atomic E-state index is 14.5. The molecule has 2 rings (SSSR count). The summed E-state index contributed by atoms with van der Waals surface area (Å²) in [5.41, 5.74) is 6.18. The lowest BCUT2D eigenvalue weighted by Crippen LogP contribution is -2.43. The number of nitrogens with zero attached hydrogens (tertiary/aromatic N) is 2. The van der Waals surface area contributed by atoms with Gasteiger partial charge in [0.25, 0.3) is 11.8 Å². The summed E-state index contributed by atoms with van der Waals surface area (Å²) >= 11 is 0. The van der Waals surface area contributed by atoms with E-state index >= 15 is 0 Å². The van der Waals surface area contributed by atoms with Crippen LogP contribution in [0.1, 0.15) is 47.5 Å². The highest BCUT2D eigenvalue weighted by Crippen LogP contribution is 2.26. The minimum absolute atomic E-state index is 0. The lowest BCUT2D eigenvalue weighted by Gasteiger charge is -2.26. The second kappa shape index (κ2) is 13.7. The van der Waals surface area contributed by atoms with Crippen LogP contribution in [-0.4, -0.2) is 59.2 Å². The fourth-order valence-electron chi connectivity index (χ4n) is 3.51. The quantitative estimate of drug-likeness (QED) is 0.149. The van der Waals surface area contributed by atoms with Crippen molar-refractivity contribution in [2.45, 2.75) is 52.4 Å². The summed E-state index contributed by atoms with van der Waals surface area (Å²) in [5, 5.41) is 12.5. The zero-order chi connectivity index (χ0) is 27.6. The van der Waals surface area contributed by atoms with Gasteiger partial charge in [0, 0.05) is 25.8 Å². The van der Waals surface area contributed by atoms with E-state index in [0.29, 0.717) is 26.0 Å². The highest BCUT2D eigenvalue weighted by atomic mass is 19.1. The number of aliphatic imine (C=N–C) groups is 1. The van der Waals surface area contributed by atoms with E-state index in [1.807, 2.05) is 13.8 Å². The van der Waals surface area contributed by atoms with Crippen molar-refractivity contribution in [1.29, 1.82) is 0 Å². The Kier molecular flexibility index (Phi) is 11.0. The zero-order valence-corrected chi connectivity index (χ0v) is 21.9. The van der Waals surface area contributed by atoms with E-state index in [2.05, 4.69) is 16.9 Å². The molecule has 1 aliphatic heterocycles. The third-order valence-electron chi connectivity index (χ3n) is 5.24. The van der Waals surface area contributed by atoms with Gasteiger partial charge in [-0.2, -0.15) is 4.99 Å². The predicted molar refractivity (Wildman–Crippen MR) is 143 cm³/mol. The molecule has 0 spiro atoms. The molecule has 1 aliphatic rings. The van der Waals surface area contributed by atoms with E-state index in [1.54, 1.807) is 32.2 Å². The fraction of sp³-hybridized carbons (Fsp3) is 0.444. The Bertz CT molecular complexity index is 1070. The van der Waals surface area contributed by atoms with Crippen molar-refractivity contribution in [1.82, 2.24) is 10.2 Å². The number of amides is 2. The van der Waals surface area contributed by atoms with Gasteiger partial charge in [0.15, 0.2) is 17.4 Å². The van der Waals surface area contributed by atoms with Crippen LogP contribution in [0, 0.1) is 11.7 Å². The van der Waals surface area contributed by atoms with Crippen molar-refractivity contribution in [3.8, 4) is 5.75 Å². The number of hydrogen-bond acceptors (Lipinski definition) is 6. The molecular weight excluding hydrogens is 479 g/mol. The first-order valence-corrected chi connectivity index (χ1v) is 12.2. The maximum absolute atomic E-state index is 14.5. The Labute approximate surface area is 219 Å². The van der Waals surface area contributed by atoms with Crippen LogP contribution >= 0.6 is 0 Å². The van der Waals surface area contributed by atoms with Crippen LogP contribution in [0.4, 0.5) is 4.39 Å². The molecule has 0 saturated carbocycles. The van der Waals surface area contributed by atoms with Crippen molar-refractivity contribution in [2.75, 3.05) is 19.7 Å². The maximum Gasteiger partial charge on any atom is 0.270 e. The van der Waals surface area contributed by atoms with Gasteiger partial charge in [-0.25, -0.2) is 4.39 Å². The summed E-state index contributed by atoms with van der Waals surface area (Å²) in [6.45, 7) is 11.5. The number of ether oxygens (including phenoxy) is 2. The van der Waals surface area contributed by atoms with Crippen molar-refractivity contribution < 1.29 is 30.0 Å². The molecule has 37 heavy (non-hydrogen) atoms. The second-order valence-electron chi connectivity index (χ2n) is 9.50. The number of benzene rings is 1. The van der Waals surface area contributed by atoms with Gasteiger partial charge < -0.3 is 30.5 Å². The first-order chi connectivity index (χ1) is 17.4. The van der Waals surface area contributed by atoms with Crippen molar-refractivity contribution in [3.05, 3.63) is 60.3 Å². The van der Waals surface area contributed by atoms with Crippen LogP contribution in [0.2, 0.25) is 0 Å². The molecule has 1 atom stereocenters. The molecule has 0 unspecified atom stereocenters. The van der Waals surface area contributed by atoms with Crippen molar-refractivity contribution >= 4 is 23.7 Å². The average Bonchev–Trinajstić information content (AvgIpc) is 3.16. The van der Waals surface area contributed by atoms with Crippen LogP contribution in [0.3, 0.4) is 0 Å². The van der Waals surface area contributed by atoms with E-state index in [0.717, 1.165) is 0 Å². The monoisotopic (exact) mass is 518 g/mol. The molecule has 0 aromatic heterocycles. The lowest BCUT2D eigenvalue weighted by atomic mass is 10.0. The van der Waals surface area contributed by atoms with Crippen molar-refractivity contribution in [2.24, 2.45) is 16.6 Å². The third-order valence-corrected chi connectivity index (χ3v) is 5.24. The van der Waals surface area contributed by atoms with E-state index in [-0.39, 0.29) is 36.8 Å². The van der Waals surface area contributed by atoms with Gasteiger partial charge >= 0.3 is 0 Å². The Morgan fingerprint density at radius 2 is 2.16 bits per heavy atom. The number of rotatable bonds is 14. The summed E-state index contributed by atoms with van der Waals surface area (Å²) in [7, 11) is 0. The number of halogens is 1. The number of carbonyl (C=O) groups excluding carboxylic acids is 2. The highest BCUT2D eigenvalue weighted by molar-refractivity contribution is 6.03. The normalized spacial score (nSPS) is 15.3. The second-order valence-corrected chi connectivity index (χ2v) is 9.50. The predicted octanol–water partition coefficient (Wildman–Crippen LogP) is 3.36. The third kappa shape index (κ3) is 9.82. The van der Waals surface area contributed by atoms with E-state index in [1.165, 1.54) is 29.2 Å². The summed E-state index contributed by atoms with van der Waals surface area (Å²) in [5.74, 6) is -2.47. The molecular formula is C27H39FN4O5. The summed E-state index contributed by atoms with van der Waals surface area (Å²) in [6, 6.07) is 3.79. The van der Waals surface area contributed by atoms with Gasteiger partial charge in [0.1, 0.15) is 17.6 Å². The Balaban J connectivity index is 0.00000722. The number of aliphatic hydroxyl groups is 1. The Hall–Kier alpha value is -3.50. The number of nitrogens with one attached hydrogen (secondary N) is 1. The first kappa shape index (κ1) is 29.7. The zero-order valence-electron chi connectivity index (χ0n) is 21.9. The summed E-state index contributed by atoms with van der Waals surface area (Å²) < 4.78 is 25.4. The molecule has 1 aromatic rings. The minimum Gasteiger partial charge on any atom is -0.457 e. The highest BCUT2D eigenvalue weighted by Gasteiger charge is 2.35. The smallest absolute Gasteiger partial charge is 0.270 e. The largest absolute Gasteiger partial charge is 0.457 e. The molecule has 9 nitrogen and oxygen atoms in total. The molecule has 0 bridgehead atoms. The Morgan fingerprint density at radius 1 is 1.43 bits per heavy atom. The molecule has 204 valence electrons. The van der Waals surface area contributed by atoms with Gasteiger partial charge in [-0.1, -0.05) is 38.6 Å². The molecule has 0 saturated heterocycles. The number of carbonyl (C=O) groups is 2. The van der Waals surface area contributed by atoms with Crippen LogP contribution in [0.15, 0.2) is 53.9 Å². The molecule has 4 N–H and O–H groups in total. The van der Waals surface area contributed by atoms with Gasteiger partial charge in [0.05, 0.1) is 13.2 Å². The van der Waals surface area contributed by atoms with E-state index in [4.69, 9.17) is 15.2 Å². The van der Waals surface area contributed by atoms with Gasteiger partial charge in [-0.3, -0.25) is 9.59 Å². The molecule has 0 radical (unpaired) electrons. The fourth-order valence-corrected chi connectivity index (χ4v) is 3.51. The first-order valence-electron chi connectivity index (χ1n) is 12.2.